The lowest BCUT2D eigenvalue weighted by atomic mass is 10.2. The van der Waals surface area contributed by atoms with Crippen LogP contribution in [0.15, 0.2) is 72.8 Å². The number of ether oxygens (including phenoxy) is 4. The first-order valence-electron chi connectivity index (χ1n) is 11.9. The molecule has 0 atom stereocenters. The van der Waals surface area contributed by atoms with E-state index in [9.17, 15) is 9.59 Å². The maximum atomic E-state index is 12.4. The molecule has 1 aromatic heterocycles. The van der Waals surface area contributed by atoms with Gasteiger partial charge >= 0.3 is 6.01 Å². The summed E-state index contributed by atoms with van der Waals surface area (Å²) in [7, 11) is 3.31. The fourth-order valence-electron chi connectivity index (χ4n) is 3.66. The fraction of sp³-hybridized carbons (Fsp3) is 0.143. The van der Waals surface area contributed by atoms with Crippen molar-refractivity contribution >= 4 is 23.2 Å². The van der Waals surface area contributed by atoms with Crippen LogP contribution in [0.2, 0.25) is 0 Å². The second-order valence-electron chi connectivity index (χ2n) is 8.74. The molecule has 3 aromatic carbocycles. The summed E-state index contributed by atoms with van der Waals surface area (Å²) in [4.78, 5) is 34.6. The molecule has 0 aliphatic carbocycles. The minimum absolute atomic E-state index is 0.0341. The van der Waals surface area contributed by atoms with Crippen molar-refractivity contribution in [3.05, 3.63) is 83.9 Å². The van der Waals surface area contributed by atoms with E-state index in [1.54, 1.807) is 56.6 Å². The Labute approximate surface area is 224 Å². The Balaban J connectivity index is 1.46. The summed E-state index contributed by atoms with van der Waals surface area (Å²) in [5.74, 6) is 0.435. The second kappa shape index (κ2) is 11.0. The zero-order valence-electron chi connectivity index (χ0n) is 21.2. The Kier molecular flexibility index (Phi) is 7.13. The van der Waals surface area contributed by atoms with Gasteiger partial charge in [0.05, 0.1) is 0 Å². The topological polar surface area (TPSA) is 138 Å². The van der Waals surface area contributed by atoms with Gasteiger partial charge in [-0.3, -0.25) is 9.59 Å². The number of anilines is 2. The van der Waals surface area contributed by atoms with Crippen molar-refractivity contribution in [3.63, 3.8) is 0 Å². The number of nitrogens with two attached hydrogens (primary N) is 1. The molecule has 3 N–H and O–H groups in total. The average molecular weight is 528 g/mol. The van der Waals surface area contributed by atoms with E-state index in [1.165, 1.54) is 4.90 Å². The standard InChI is InChI=1S/C28H25N5O6/c1-33(2)27(35)18-9-6-10-20(13-18)38-26-24-25(37-16-23(34)30-24)31-28(32-26)39-22-14-19(29)11-12-21(22)36-15-17-7-4-3-5-8-17/h3-14H,15-16,29H2,1-2H3,(H,30,34). The molecule has 11 heteroatoms. The first-order chi connectivity index (χ1) is 18.9. The lowest BCUT2D eigenvalue weighted by molar-refractivity contribution is -0.118. The van der Waals surface area contributed by atoms with Crippen molar-refractivity contribution in [2.45, 2.75) is 6.61 Å². The first-order valence-corrected chi connectivity index (χ1v) is 11.9. The normalized spacial score (nSPS) is 12.0. The molecule has 1 aliphatic heterocycles. The van der Waals surface area contributed by atoms with E-state index in [2.05, 4.69) is 15.3 Å². The zero-order chi connectivity index (χ0) is 27.4. The molecule has 0 unspecified atom stereocenters. The molecule has 39 heavy (non-hydrogen) atoms. The third kappa shape index (κ3) is 5.99. The highest BCUT2D eigenvalue weighted by molar-refractivity contribution is 5.96. The summed E-state index contributed by atoms with van der Waals surface area (Å²) in [6, 6.07) is 21.1. The highest BCUT2D eigenvalue weighted by atomic mass is 16.5. The van der Waals surface area contributed by atoms with E-state index in [4.69, 9.17) is 24.7 Å². The minimum atomic E-state index is -0.395. The smallest absolute Gasteiger partial charge is 0.328 e. The number of rotatable bonds is 8. The third-order valence-corrected chi connectivity index (χ3v) is 5.53. The molecule has 1 aliphatic rings. The fourth-order valence-corrected chi connectivity index (χ4v) is 3.66. The van der Waals surface area contributed by atoms with Crippen molar-refractivity contribution in [2.75, 3.05) is 31.8 Å². The Hall–Kier alpha value is -5.32. The molecule has 0 saturated heterocycles. The summed E-state index contributed by atoms with van der Waals surface area (Å²) >= 11 is 0. The number of aromatic nitrogens is 2. The van der Waals surface area contributed by atoms with E-state index in [1.807, 2.05) is 30.3 Å². The van der Waals surface area contributed by atoms with Gasteiger partial charge in [0.15, 0.2) is 23.8 Å². The van der Waals surface area contributed by atoms with Gasteiger partial charge in [0.25, 0.3) is 17.7 Å². The van der Waals surface area contributed by atoms with Crippen LogP contribution in [0, 0.1) is 0 Å². The zero-order valence-corrected chi connectivity index (χ0v) is 21.2. The predicted octanol–water partition coefficient (Wildman–Crippen LogP) is 4.26. The number of nitrogen functional groups attached to an aromatic ring is 1. The van der Waals surface area contributed by atoms with Crippen molar-refractivity contribution in [2.24, 2.45) is 0 Å². The molecule has 2 amide bonds. The van der Waals surface area contributed by atoms with Crippen LogP contribution in [0.4, 0.5) is 11.4 Å². The van der Waals surface area contributed by atoms with Gasteiger partial charge in [-0.15, -0.1) is 0 Å². The van der Waals surface area contributed by atoms with Gasteiger partial charge in [0.2, 0.25) is 5.88 Å². The molecular weight excluding hydrogens is 502 g/mol. The predicted molar refractivity (Wildman–Crippen MR) is 142 cm³/mol. The second-order valence-corrected chi connectivity index (χ2v) is 8.74. The molecule has 0 fully saturated rings. The lowest BCUT2D eigenvalue weighted by Gasteiger charge is -2.20. The van der Waals surface area contributed by atoms with Gasteiger partial charge in [0.1, 0.15) is 12.4 Å². The average Bonchev–Trinajstić information content (AvgIpc) is 2.93. The molecule has 198 valence electrons. The molecule has 2 heterocycles. The number of nitrogens with zero attached hydrogens (tertiary/aromatic N) is 3. The highest BCUT2D eigenvalue weighted by Gasteiger charge is 2.26. The van der Waals surface area contributed by atoms with Crippen LogP contribution in [0.1, 0.15) is 15.9 Å². The van der Waals surface area contributed by atoms with E-state index in [-0.39, 0.29) is 41.7 Å². The van der Waals surface area contributed by atoms with Gasteiger partial charge in [-0.25, -0.2) is 0 Å². The number of carbonyl (C=O) groups excluding carboxylic acids is 2. The summed E-state index contributed by atoms with van der Waals surface area (Å²) in [6.07, 6.45) is 0. The number of nitrogens with one attached hydrogen (secondary N) is 1. The van der Waals surface area contributed by atoms with Crippen LogP contribution in [0.5, 0.6) is 35.0 Å². The lowest BCUT2D eigenvalue weighted by Crippen LogP contribution is -2.26. The molecular formula is C28H25N5O6. The summed E-state index contributed by atoms with van der Waals surface area (Å²) in [5, 5.41) is 2.67. The van der Waals surface area contributed by atoms with Crippen molar-refractivity contribution in [1.29, 1.82) is 0 Å². The minimum Gasteiger partial charge on any atom is -0.485 e. The number of fused-ring (bicyclic) bond motifs is 1. The first kappa shape index (κ1) is 25.3. The molecule has 4 aromatic rings. The summed E-state index contributed by atoms with van der Waals surface area (Å²) in [6.45, 7) is 0.0666. The maximum absolute atomic E-state index is 12.4. The number of benzene rings is 3. The summed E-state index contributed by atoms with van der Waals surface area (Å²) < 4.78 is 23.4. The quantitative estimate of drug-likeness (QED) is 0.322. The van der Waals surface area contributed by atoms with Crippen molar-refractivity contribution in [1.82, 2.24) is 14.9 Å². The molecule has 0 saturated carbocycles. The van der Waals surface area contributed by atoms with Crippen LogP contribution in [-0.2, 0) is 11.4 Å². The molecule has 11 nitrogen and oxygen atoms in total. The van der Waals surface area contributed by atoms with Crippen LogP contribution >= 0.6 is 0 Å². The van der Waals surface area contributed by atoms with Crippen molar-refractivity contribution in [3.8, 4) is 35.0 Å². The largest absolute Gasteiger partial charge is 0.485 e. The Bertz CT molecular complexity index is 1530. The van der Waals surface area contributed by atoms with E-state index in [0.717, 1.165) is 5.56 Å². The molecule has 0 radical (unpaired) electrons. The Morgan fingerprint density at radius 2 is 1.82 bits per heavy atom. The SMILES string of the molecule is CN(C)C(=O)c1cccc(Oc2nc(Oc3cc(N)ccc3OCc3ccccc3)nc3c2NC(=O)CO3)c1. The van der Waals surface area contributed by atoms with Gasteiger partial charge in [-0.1, -0.05) is 36.4 Å². The number of amides is 2. The van der Waals surface area contributed by atoms with Crippen LogP contribution in [0.3, 0.4) is 0 Å². The van der Waals surface area contributed by atoms with Crippen molar-refractivity contribution < 1.29 is 28.5 Å². The van der Waals surface area contributed by atoms with Gasteiger partial charge in [-0.2, -0.15) is 9.97 Å². The summed E-state index contributed by atoms with van der Waals surface area (Å²) in [5.41, 5.74) is 7.97. The van der Waals surface area contributed by atoms with Crippen LogP contribution in [0.25, 0.3) is 0 Å². The molecule has 0 bridgehead atoms. The maximum Gasteiger partial charge on any atom is 0.328 e. The Morgan fingerprint density at radius 1 is 1.00 bits per heavy atom. The monoisotopic (exact) mass is 527 g/mol. The molecule has 0 spiro atoms. The van der Waals surface area contributed by atoms with E-state index < -0.39 is 5.91 Å². The van der Waals surface area contributed by atoms with E-state index >= 15 is 0 Å². The Morgan fingerprint density at radius 3 is 2.62 bits per heavy atom. The number of hydrogen-bond donors (Lipinski definition) is 2. The third-order valence-electron chi connectivity index (χ3n) is 5.53. The van der Waals surface area contributed by atoms with Gasteiger partial charge in [-0.05, 0) is 35.9 Å². The number of hydrogen-bond acceptors (Lipinski definition) is 9. The molecule has 5 rings (SSSR count). The van der Waals surface area contributed by atoms with Gasteiger partial charge < -0.3 is 34.9 Å². The highest BCUT2D eigenvalue weighted by Crippen LogP contribution is 2.40. The van der Waals surface area contributed by atoms with Gasteiger partial charge in [0, 0.05) is 31.4 Å². The van der Waals surface area contributed by atoms with Crippen LogP contribution < -0.4 is 30.0 Å². The van der Waals surface area contributed by atoms with E-state index in [0.29, 0.717) is 29.4 Å². The number of carbonyl (C=O) groups is 2. The van der Waals surface area contributed by atoms with Crippen LogP contribution in [-0.4, -0.2) is 47.4 Å².